The second-order valence-corrected chi connectivity index (χ2v) is 7.32. The zero-order valence-corrected chi connectivity index (χ0v) is 15.5. The van der Waals surface area contributed by atoms with E-state index in [4.69, 9.17) is 9.47 Å². The number of rotatable bonds is 3. The number of carbonyl (C=O) groups is 1. The maximum atomic E-state index is 12.8. The first-order chi connectivity index (χ1) is 11.8. The molecule has 2 aromatic carbocycles. The molecule has 1 amide bonds. The van der Waals surface area contributed by atoms with Gasteiger partial charge in [-0.25, -0.2) is 0 Å². The second kappa shape index (κ2) is 6.43. The van der Waals surface area contributed by atoms with Gasteiger partial charge in [0.1, 0.15) is 17.1 Å². The monoisotopic (exact) mass is 339 g/mol. The minimum atomic E-state index is -0.323. The molecule has 1 aliphatic rings. The zero-order chi connectivity index (χ0) is 18.2. The molecule has 0 fully saturated rings. The third-order valence-electron chi connectivity index (χ3n) is 4.59. The van der Waals surface area contributed by atoms with Gasteiger partial charge in [0, 0.05) is 17.5 Å². The molecule has 4 nitrogen and oxygen atoms in total. The van der Waals surface area contributed by atoms with E-state index in [1.807, 2.05) is 52.0 Å². The van der Waals surface area contributed by atoms with E-state index in [1.165, 1.54) is 0 Å². The third kappa shape index (κ3) is 3.63. The van der Waals surface area contributed by atoms with E-state index in [2.05, 4.69) is 11.4 Å². The second-order valence-electron chi connectivity index (χ2n) is 7.32. The van der Waals surface area contributed by atoms with E-state index in [9.17, 15) is 4.79 Å². The summed E-state index contributed by atoms with van der Waals surface area (Å²) >= 11 is 0. The predicted octanol–water partition coefficient (Wildman–Crippen LogP) is 4.34. The van der Waals surface area contributed by atoms with Gasteiger partial charge in [0.05, 0.1) is 13.2 Å². The Hall–Kier alpha value is -2.49. The lowest BCUT2D eigenvalue weighted by Gasteiger charge is -2.38. The predicted molar refractivity (Wildman–Crippen MR) is 98.4 cm³/mol. The number of methoxy groups -OCH3 is 1. The number of hydrogen-bond donors (Lipinski definition) is 1. The van der Waals surface area contributed by atoms with Gasteiger partial charge in [0.25, 0.3) is 5.91 Å². The van der Waals surface area contributed by atoms with Crippen LogP contribution in [0.5, 0.6) is 11.5 Å². The minimum absolute atomic E-state index is 0.0754. The maximum absolute atomic E-state index is 12.8. The molecule has 0 bridgehead atoms. The molecule has 0 radical (unpaired) electrons. The molecule has 2 aromatic rings. The summed E-state index contributed by atoms with van der Waals surface area (Å²) in [5.74, 6) is 1.55. The van der Waals surface area contributed by atoms with E-state index in [0.717, 1.165) is 34.6 Å². The molecule has 1 aliphatic heterocycles. The average molecular weight is 339 g/mol. The molecule has 25 heavy (non-hydrogen) atoms. The molecule has 0 spiro atoms. The fourth-order valence-corrected chi connectivity index (χ4v) is 3.36. The van der Waals surface area contributed by atoms with Crippen molar-refractivity contribution in [2.45, 2.75) is 45.8 Å². The van der Waals surface area contributed by atoms with Crippen molar-refractivity contribution in [2.75, 3.05) is 7.11 Å². The van der Waals surface area contributed by atoms with Crippen LogP contribution in [-0.2, 0) is 0 Å². The lowest BCUT2D eigenvalue weighted by Crippen LogP contribution is -2.41. The Morgan fingerprint density at radius 3 is 2.64 bits per heavy atom. The van der Waals surface area contributed by atoms with Crippen LogP contribution in [0.2, 0.25) is 0 Å². The maximum Gasteiger partial charge on any atom is 0.251 e. The SMILES string of the molecule is COc1ccc(C(=O)N[C@H]2CC(C)(C)Oc3ccc(C)cc32)cc1C. The summed E-state index contributed by atoms with van der Waals surface area (Å²) in [7, 11) is 1.63. The van der Waals surface area contributed by atoms with Crippen molar-refractivity contribution in [3.63, 3.8) is 0 Å². The molecule has 0 saturated carbocycles. The number of aryl methyl sites for hydroxylation is 2. The van der Waals surface area contributed by atoms with Crippen LogP contribution >= 0.6 is 0 Å². The van der Waals surface area contributed by atoms with Gasteiger partial charge in [0.15, 0.2) is 0 Å². The molecule has 132 valence electrons. The number of hydrogen-bond acceptors (Lipinski definition) is 3. The van der Waals surface area contributed by atoms with Crippen LogP contribution in [0.15, 0.2) is 36.4 Å². The molecule has 1 N–H and O–H groups in total. The van der Waals surface area contributed by atoms with Gasteiger partial charge < -0.3 is 14.8 Å². The van der Waals surface area contributed by atoms with Crippen LogP contribution in [0.3, 0.4) is 0 Å². The topological polar surface area (TPSA) is 47.6 Å². The average Bonchev–Trinajstić information content (AvgIpc) is 2.54. The largest absolute Gasteiger partial charge is 0.496 e. The molecule has 0 aromatic heterocycles. The van der Waals surface area contributed by atoms with Crippen molar-refractivity contribution in [3.05, 3.63) is 58.7 Å². The highest BCUT2D eigenvalue weighted by Crippen LogP contribution is 2.40. The molecule has 0 saturated heterocycles. The fourth-order valence-electron chi connectivity index (χ4n) is 3.36. The van der Waals surface area contributed by atoms with Crippen molar-refractivity contribution < 1.29 is 14.3 Å². The molecular weight excluding hydrogens is 314 g/mol. The lowest BCUT2D eigenvalue weighted by molar-refractivity contribution is 0.0619. The van der Waals surface area contributed by atoms with Gasteiger partial charge in [-0.15, -0.1) is 0 Å². The normalized spacial score (nSPS) is 18.0. The number of fused-ring (bicyclic) bond motifs is 1. The Morgan fingerprint density at radius 1 is 1.20 bits per heavy atom. The summed E-state index contributed by atoms with van der Waals surface area (Å²) in [5.41, 5.74) is 3.45. The van der Waals surface area contributed by atoms with Crippen molar-refractivity contribution in [1.29, 1.82) is 0 Å². The van der Waals surface area contributed by atoms with Crippen molar-refractivity contribution >= 4 is 5.91 Å². The van der Waals surface area contributed by atoms with E-state index in [1.54, 1.807) is 13.2 Å². The van der Waals surface area contributed by atoms with E-state index < -0.39 is 0 Å². The smallest absolute Gasteiger partial charge is 0.251 e. The molecule has 0 unspecified atom stereocenters. The van der Waals surface area contributed by atoms with Crippen LogP contribution in [0.1, 0.15) is 53.4 Å². The molecule has 3 rings (SSSR count). The summed E-state index contributed by atoms with van der Waals surface area (Å²) in [5, 5.41) is 3.18. The molecule has 1 heterocycles. The highest BCUT2D eigenvalue weighted by molar-refractivity contribution is 5.95. The Labute approximate surface area is 149 Å². The Bertz CT molecular complexity index is 811. The minimum Gasteiger partial charge on any atom is -0.496 e. The van der Waals surface area contributed by atoms with Gasteiger partial charge >= 0.3 is 0 Å². The number of ether oxygens (including phenoxy) is 2. The van der Waals surface area contributed by atoms with Gasteiger partial charge in [-0.3, -0.25) is 4.79 Å². The van der Waals surface area contributed by atoms with Crippen LogP contribution in [0.25, 0.3) is 0 Å². The van der Waals surface area contributed by atoms with E-state index >= 15 is 0 Å². The Kier molecular flexibility index (Phi) is 4.46. The number of amides is 1. The number of carbonyl (C=O) groups excluding carboxylic acids is 1. The standard InChI is InChI=1S/C21H25NO3/c1-13-6-8-19-16(10-13)17(12-21(3,4)25-19)22-20(23)15-7-9-18(24-5)14(2)11-15/h6-11,17H,12H2,1-5H3,(H,22,23)/t17-/m0/s1. The Balaban J connectivity index is 1.88. The van der Waals surface area contributed by atoms with Gasteiger partial charge in [-0.2, -0.15) is 0 Å². The van der Waals surface area contributed by atoms with Gasteiger partial charge in [-0.05, 0) is 57.5 Å². The quantitative estimate of drug-likeness (QED) is 0.904. The van der Waals surface area contributed by atoms with Crippen molar-refractivity contribution in [3.8, 4) is 11.5 Å². The van der Waals surface area contributed by atoms with Crippen molar-refractivity contribution in [2.24, 2.45) is 0 Å². The first-order valence-electron chi connectivity index (χ1n) is 8.54. The van der Waals surface area contributed by atoms with Crippen LogP contribution in [0, 0.1) is 13.8 Å². The zero-order valence-electron chi connectivity index (χ0n) is 15.5. The lowest BCUT2D eigenvalue weighted by atomic mass is 9.88. The fraction of sp³-hybridized carbons (Fsp3) is 0.381. The highest BCUT2D eigenvalue weighted by Gasteiger charge is 2.34. The van der Waals surface area contributed by atoms with Gasteiger partial charge in [0.2, 0.25) is 0 Å². The number of nitrogens with one attached hydrogen (secondary N) is 1. The van der Waals surface area contributed by atoms with E-state index in [-0.39, 0.29) is 17.6 Å². The summed E-state index contributed by atoms with van der Waals surface area (Å²) < 4.78 is 11.3. The first kappa shape index (κ1) is 17.3. The van der Waals surface area contributed by atoms with Gasteiger partial charge in [-0.1, -0.05) is 17.7 Å². The summed E-state index contributed by atoms with van der Waals surface area (Å²) in [4.78, 5) is 12.8. The Morgan fingerprint density at radius 2 is 1.96 bits per heavy atom. The summed E-state index contributed by atoms with van der Waals surface area (Å²) in [6.45, 7) is 8.08. The first-order valence-corrected chi connectivity index (χ1v) is 8.54. The molecule has 1 atom stereocenters. The van der Waals surface area contributed by atoms with E-state index in [0.29, 0.717) is 5.56 Å². The summed E-state index contributed by atoms with van der Waals surface area (Å²) in [6, 6.07) is 11.5. The van der Waals surface area contributed by atoms with Crippen LogP contribution < -0.4 is 14.8 Å². The molecule has 4 heteroatoms. The molecule has 0 aliphatic carbocycles. The molecular formula is C21H25NO3. The summed E-state index contributed by atoms with van der Waals surface area (Å²) in [6.07, 6.45) is 0.727. The highest BCUT2D eigenvalue weighted by atomic mass is 16.5. The number of benzene rings is 2. The van der Waals surface area contributed by atoms with Crippen molar-refractivity contribution in [1.82, 2.24) is 5.32 Å². The van der Waals surface area contributed by atoms with Crippen LogP contribution in [0.4, 0.5) is 0 Å². The third-order valence-corrected chi connectivity index (χ3v) is 4.59. The van der Waals surface area contributed by atoms with Crippen LogP contribution in [-0.4, -0.2) is 18.6 Å².